The van der Waals surface area contributed by atoms with Crippen LogP contribution in [0.25, 0.3) is 0 Å². The van der Waals surface area contributed by atoms with E-state index in [4.69, 9.17) is 5.73 Å². The van der Waals surface area contributed by atoms with Gasteiger partial charge in [-0.1, -0.05) is 12.1 Å². The van der Waals surface area contributed by atoms with Crippen molar-refractivity contribution >= 4 is 21.5 Å². The average molecular weight is 480 g/mol. The van der Waals surface area contributed by atoms with E-state index in [9.17, 15) is 26.4 Å². The van der Waals surface area contributed by atoms with Crippen LogP contribution in [0.3, 0.4) is 0 Å². The molecule has 1 atom stereocenters. The van der Waals surface area contributed by atoms with Crippen molar-refractivity contribution in [3.63, 3.8) is 0 Å². The molecule has 1 aromatic heterocycles. The lowest BCUT2D eigenvalue weighted by Crippen LogP contribution is -2.68. The number of aromatic nitrogens is 1. The Morgan fingerprint density at radius 3 is 2.42 bits per heavy atom. The van der Waals surface area contributed by atoms with Gasteiger partial charge in [0.15, 0.2) is 15.6 Å². The lowest BCUT2D eigenvalue weighted by molar-refractivity contribution is -0.0828. The van der Waals surface area contributed by atoms with E-state index < -0.39 is 56.3 Å². The topological polar surface area (TPSA) is 102 Å². The molecule has 0 radical (unpaired) electrons. The zero-order valence-electron chi connectivity index (χ0n) is 18.5. The van der Waals surface area contributed by atoms with Gasteiger partial charge in [-0.25, -0.2) is 21.6 Å². The summed E-state index contributed by atoms with van der Waals surface area (Å²) in [6.07, 6.45) is -0.342. The maximum atomic E-state index is 14.8. The van der Waals surface area contributed by atoms with Crippen LogP contribution in [-0.2, 0) is 21.8 Å². The number of amidine groups is 1. The van der Waals surface area contributed by atoms with Crippen molar-refractivity contribution in [2.45, 2.75) is 56.2 Å². The normalized spacial score (nSPS) is 24.7. The van der Waals surface area contributed by atoms with Crippen LogP contribution in [0.1, 0.15) is 52.5 Å². The average Bonchev–Trinajstić information content (AvgIpc) is 2.65. The number of hydrogen-bond donors (Lipinski definition) is 1. The van der Waals surface area contributed by atoms with Crippen LogP contribution in [0, 0.1) is 19.7 Å². The van der Waals surface area contributed by atoms with Gasteiger partial charge >= 0.3 is 0 Å². The number of rotatable bonds is 4. The Morgan fingerprint density at radius 2 is 1.85 bits per heavy atom. The number of aryl methyl sites for hydroxylation is 2. The minimum absolute atomic E-state index is 0.0613. The highest BCUT2D eigenvalue weighted by Gasteiger charge is 2.68. The van der Waals surface area contributed by atoms with E-state index in [1.807, 2.05) is 13.0 Å². The first-order valence-corrected chi connectivity index (χ1v) is 12.0. The molecule has 2 N–H and O–H groups in total. The van der Waals surface area contributed by atoms with Gasteiger partial charge in [-0.05, 0) is 49.6 Å². The molecule has 2 heterocycles. The fourth-order valence-electron chi connectivity index (χ4n) is 4.76. The summed E-state index contributed by atoms with van der Waals surface area (Å²) in [6, 6.07) is 5.79. The lowest BCUT2D eigenvalue weighted by atomic mass is 9.78. The number of halogens is 3. The van der Waals surface area contributed by atoms with Crippen LogP contribution < -0.4 is 5.73 Å². The standard InChI is InChI=1S/C23H24F3N3O3S/c1-13-6-14(2)19(28-9-13)18(30)8-15-4-5-17(24)16(7-15)21(3)12-33(31,32)22(20(27)29-21)10-23(25,26)11-22/h4-7,9H,8,10-12H2,1-3H3,(H2,27,29)/t21-/m0/s1. The number of sulfone groups is 1. The molecule has 1 spiro atoms. The largest absolute Gasteiger partial charge is 0.386 e. The zero-order valence-corrected chi connectivity index (χ0v) is 19.3. The molecule has 6 nitrogen and oxygen atoms in total. The molecular weight excluding hydrogens is 455 g/mol. The number of benzene rings is 1. The van der Waals surface area contributed by atoms with Crippen molar-refractivity contribution in [3.8, 4) is 0 Å². The fraction of sp³-hybridized carbons (Fsp3) is 0.435. The first-order valence-electron chi connectivity index (χ1n) is 10.4. The minimum atomic E-state index is -4.15. The third-order valence-corrected chi connectivity index (χ3v) is 9.07. The predicted octanol–water partition coefficient (Wildman–Crippen LogP) is 3.43. The second-order valence-electron chi connectivity index (χ2n) is 9.33. The SMILES string of the molecule is Cc1cnc(C(=O)Cc2ccc(F)c([C@]3(C)CS(=O)(=O)C4(CC(F)(F)C4)C(N)=N3)c2)c(C)c1. The molecule has 33 heavy (non-hydrogen) atoms. The van der Waals surface area contributed by atoms with Crippen LogP contribution in [-0.4, -0.2) is 41.4 Å². The highest BCUT2D eigenvalue weighted by Crippen LogP contribution is 2.54. The molecular formula is C23H24F3N3O3S. The van der Waals surface area contributed by atoms with Gasteiger partial charge in [-0.2, -0.15) is 0 Å². The molecule has 2 aliphatic rings. The van der Waals surface area contributed by atoms with Crippen molar-refractivity contribution in [3.05, 3.63) is 64.2 Å². The van der Waals surface area contributed by atoms with Crippen LogP contribution in [0.5, 0.6) is 0 Å². The fourth-order valence-corrected chi connectivity index (χ4v) is 7.22. The summed E-state index contributed by atoms with van der Waals surface area (Å²) < 4.78 is 66.1. The molecule has 2 aromatic rings. The van der Waals surface area contributed by atoms with E-state index in [-0.39, 0.29) is 17.8 Å². The highest BCUT2D eigenvalue weighted by molar-refractivity contribution is 7.93. The number of carbonyl (C=O) groups excluding carboxylic acids is 1. The van der Waals surface area contributed by atoms with E-state index in [1.54, 1.807) is 13.1 Å². The van der Waals surface area contributed by atoms with Gasteiger partial charge in [0.05, 0.1) is 5.75 Å². The zero-order chi connectivity index (χ0) is 24.4. The first-order chi connectivity index (χ1) is 15.2. The molecule has 1 aliphatic heterocycles. The van der Waals surface area contributed by atoms with Crippen molar-refractivity contribution in [1.82, 2.24) is 4.98 Å². The Kier molecular flexibility index (Phi) is 5.23. The van der Waals surface area contributed by atoms with Gasteiger partial charge in [-0.3, -0.25) is 14.8 Å². The molecule has 176 valence electrons. The van der Waals surface area contributed by atoms with E-state index in [2.05, 4.69) is 9.98 Å². The summed E-state index contributed by atoms with van der Waals surface area (Å²) in [5.41, 5.74) is 6.61. The molecule has 1 saturated carbocycles. The number of nitrogens with zero attached hydrogens (tertiary/aromatic N) is 2. The molecule has 1 aromatic carbocycles. The van der Waals surface area contributed by atoms with Gasteiger partial charge in [0.1, 0.15) is 27.6 Å². The van der Waals surface area contributed by atoms with Gasteiger partial charge in [0.25, 0.3) is 5.92 Å². The number of aliphatic imine (C=N–C) groups is 1. The van der Waals surface area contributed by atoms with E-state index in [1.165, 1.54) is 19.1 Å². The number of ketones is 1. The smallest absolute Gasteiger partial charge is 0.252 e. The molecule has 0 unspecified atom stereocenters. The number of hydrogen-bond acceptors (Lipinski definition) is 6. The first kappa shape index (κ1) is 23.4. The Labute approximate surface area is 190 Å². The van der Waals surface area contributed by atoms with Crippen LogP contribution in [0.4, 0.5) is 13.2 Å². The maximum absolute atomic E-state index is 14.8. The number of carbonyl (C=O) groups is 1. The molecule has 0 bridgehead atoms. The third-order valence-electron chi connectivity index (χ3n) is 6.44. The van der Waals surface area contributed by atoms with Crippen LogP contribution in [0.2, 0.25) is 0 Å². The van der Waals surface area contributed by atoms with Gasteiger partial charge in [-0.15, -0.1) is 0 Å². The van der Waals surface area contributed by atoms with Crippen molar-refractivity contribution < 1.29 is 26.4 Å². The highest BCUT2D eigenvalue weighted by atomic mass is 32.2. The predicted molar refractivity (Wildman–Crippen MR) is 118 cm³/mol. The van der Waals surface area contributed by atoms with Gasteiger partial charge in [0.2, 0.25) is 0 Å². The molecule has 1 aliphatic carbocycles. The summed E-state index contributed by atoms with van der Waals surface area (Å²) >= 11 is 0. The quantitative estimate of drug-likeness (QED) is 0.677. The Balaban J connectivity index is 1.69. The van der Waals surface area contributed by atoms with Crippen molar-refractivity contribution in [2.24, 2.45) is 10.7 Å². The van der Waals surface area contributed by atoms with Crippen LogP contribution >= 0.6 is 0 Å². The summed E-state index contributed by atoms with van der Waals surface area (Å²) in [5.74, 6) is -5.22. The Bertz CT molecular complexity index is 1300. The molecule has 0 amide bonds. The number of Topliss-reactive ketones (excluding diaryl/α,β-unsaturated/α-hetero) is 1. The Hall–Kier alpha value is -2.75. The summed E-state index contributed by atoms with van der Waals surface area (Å²) in [6.45, 7) is 5.03. The molecule has 0 saturated heterocycles. The van der Waals surface area contributed by atoms with Crippen molar-refractivity contribution in [1.29, 1.82) is 0 Å². The number of nitrogens with two attached hydrogens (primary N) is 1. The third kappa shape index (κ3) is 3.84. The van der Waals surface area contributed by atoms with Gasteiger partial charge in [0, 0.05) is 31.0 Å². The van der Waals surface area contributed by atoms with Crippen LogP contribution in [0.15, 0.2) is 35.5 Å². The minimum Gasteiger partial charge on any atom is -0.386 e. The Morgan fingerprint density at radius 1 is 1.18 bits per heavy atom. The van der Waals surface area contributed by atoms with E-state index >= 15 is 0 Å². The summed E-state index contributed by atoms with van der Waals surface area (Å²) in [7, 11) is -4.15. The molecule has 1 fully saturated rings. The maximum Gasteiger partial charge on any atom is 0.252 e. The van der Waals surface area contributed by atoms with Gasteiger partial charge < -0.3 is 5.73 Å². The van der Waals surface area contributed by atoms with Crippen molar-refractivity contribution in [2.75, 3.05) is 5.75 Å². The summed E-state index contributed by atoms with van der Waals surface area (Å²) in [4.78, 5) is 21.2. The van der Waals surface area contributed by atoms with E-state index in [0.29, 0.717) is 16.8 Å². The van der Waals surface area contributed by atoms with E-state index in [0.717, 1.165) is 11.6 Å². The second-order valence-corrected chi connectivity index (χ2v) is 11.6. The second kappa shape index (κ2) is 7.38. The number of alkyl halides is 2. The number of pyridine rings is 1. The lowest BCUT2D eigenvalue weighted by Gasteiger charge is -2.50. The summed E-state index contributed by atoms with van der Waals surface area (Å²) in [5, 5.41) is 0. The molecule has 4 rings (SSSR count). The monoisotopic (exact) mass is 479 g/mol. The molecule has 10 heteroatoms.